The minimum atomic E-state index is -0.281. The smallest absolute Gasteiger partial charge is 0.338 e. The molecule has 0 unspecified atom stereocenters. The van der Waals surface area contributed by atoms with E-state index in [9.17, 15) is 4.79 Å². The van der Waals surface area contributed by atoms with Crippen molar-refractivity contribution in [3.63, 3.8) is 0 Å². The molecule has 1 aliphatic heterocycles. The van der Waals surface area contributed by atoms with Gasteiger partial charge < -0.3 is 13.9 Å². The third-order valence-corrected chi connectivity index (χ3v) is 2.62. The van der Waals surface area contributed by atoms with Crippen LogP contribution in [-0.4, -0.2) is 18.1 Å². The first kappa shape index (κ1) is 9.89. The maximum absolute atomic E-state index is 11.3. The molecule has 0 saturated heterocycles. The number of carbonyl (C=O) groups is 1. The molecule has 0 bridgehead atoms. The fourth-order valence-corrected chi connectivity index (χ4v) is 1.75. The first-order chi connectivity index (χ1) is 8.28. The number of fused-ring (bicyclic) bond motifs is 1. The van der Waals surface area contributed by atoms with Crippen molar-refractivity contribution in [1.82, 2.24) is 4.98 Å². The number of aromatic nitrogens is 1. The van der Waals surface area contributed by atoms with E-state index in [1.165, 1.54) is 13.3 Å². The predicted octanol–water partition coefficient (Wildman–Crippen LogP) is 2.02. The van der Waals surface area contributed by atoms with Gasteiger partial charge in [-0.3, -0.25) is 0 Å². The Hall–Kier alpha value is -2.30. The Balaban J connectivity index is 2.02. The van der Waals surface area contributed by atoms with Gasteiger partial charge in [0.15, 0.2) is 0 Å². The standard InChI is InChI=1S/C12H9NO4/c1-15-10-5-13-11(17-10)7-2-3-9-8(4-7)6-16-12(9)14/h2-5H,6H2,1H3. The topological polar surface area (TPSA) is 61.6 Å². The van der Waals surface area contributed by atoms with Crippen LogP contribution in [0.5, 0.6) is 5.95 Å². The lowest BCUT2D eigenvalue weighted by molar-refractivity contribution is 0.0535. The highest BCUT2D eigenvalue weighted by atomic mass is 16.6. The van der Waals surface area contributed by atoms with Gasteiger partial charge in [0.1, 0.15) is 12.8 Å². The first-order valence-corrected chi connectivity index (χ1v) is 5.08. The second-order valence-corrected chi connectivity index (χ2v) is 3.64. The Kier molecular flexibility index (Phi) is 2.11. The normalized spacial score (nSPS) is 13.4. The maximum Gasteiger partial charge on any atom is 0.338 e. The van der Waals surface area contributed by atoms with E-state index in [2.05, 4.69) is 4.98 Å². The van der Waals surface area contributed by atoms with Crippen molar-refractivity contribution in [2.75, 3.05) is 7.11 Å². The third kappa shape index (κ3) is 1.56. The molecule has 86 valence electrons. The lowest BCUT2D eigenvalue weighted by Crippen LogP contribution is -1.92. The summed E-state index contributed by atoms with van der Waals surface area (Å²) in [5.41, 5.74) is 2.25. The van der Waals surface area contributed by atoms with Crippen molar-refractivity contribution >= 4 is 5.97 Å². The van der Waals surface area contributed by atoms with Gasteiger partial charge in [-0.1, -0.05) is 0 Å². The van der Waals surface area contributed by atoms with E-state index >= 15 is 0 Å². The van der Waals surface area contributed by atoms with Gasteiger partial charge >= 0.3 is 11.9 Å². The number of methoxy groups -OCH3 is 1. The van der Waals surface area contributed by atoms with Crippen LogP contribution in [0.3, 0.4) is 0 Å². The van der Waals surface area contributed by atoms with E-state index in [0.717, 1.165) is 11.1 Å². The largest absolute Gasteiger partial charge is 0.467 e. The molecule has 0 N–H and O–H groups in total. The summed E-state index contributed by atoms with van der Waals surface area (Å²) < 4.78 is 15.2. The maximum atomic E-state index is 11.3. The molecule has 0 spiro atoms. The molecule has 5 heteroatoms. The highest BCUT2D eigenvalue weighted by Crippen LogP contribution is 2.28. The van der Waals surface area contributed by atoms with Crippen LogP contribution in [0.25, 0.3) is 11.5 Å². The molecule has 1 aromatic carbocycles. The molecule has 0 amide bonds. The van der Waals surface area contributed by atoms with Crippen LogP contribution in [0.1, 0.15) is 15.9 Å². The minimum Gasteiger partial charge on any atom is -0.467 e. The molecule has 0 saturated carbocycles. The zero-order chi connectivity index (χ0) is 11.8. The average molecular weight is 231 g/mol. The molecule has 0 aliphatic carbocycles. The number of ether oxygens (including phenoxy) is 2. The van der Waals surface area contributed by atoms with Crippen LogP contribution in [-0.2, 0) is 11.3 Å². The number of rotatable bonds is 2. The van der Waals surface area contributed by atoms with Crippen molar-refractivity contribution in [2.24, 2.45) is 0 Å². The number of oxazole rings is 1. The van der Waals surface area contributed by atoms with E-state index in [4.69, 9.17) is 13.9 Å². The molecule has 5 nitrogen and oxygen atoms in total. The van der Waals surface area contributed by atoms with Gasteiger partial charge in [-0.05, 0) is 18.2 Å². The van der Waals surface area contributed by atoms with E-state index in [1.807, 2.05) is 6.07 Å². The van der Waals surface area contributed by atoms with Crippen LogP contribution in [0.2, 0.25) is 0 Å². The summed E-state index contributed by atoms with van der Waals surface area (Å²) in [6.45, 7) is 0.305. The Morgan fingerprint density at radius 1 is 1.41 bits per heavy atom. The summed E-state index contributed by atoms with van der Waals surface area (Å²) in [4.78, 5) is 15.4. The molecule has 0 radical (unpaired) electrons. The monoisotopic (exact) mass is 231 g/mol. The van der Waals surface area contributed by atoms with Crippen molar-refractivity contribution < 1.29 is 18.7 Å². The molecule has 17 heavy (non-hydrogen) atoms. The first-order valence-electron chi connectivity index (χ1n) is 5.08. The minimum absolute atomic E-state index is 0.281. The summed E-state index contributed by atoms with van der Waals surface area (Å²) in [5.74, 6) is 0.536. The van der Waals surface area contributed by atoms with Crippen LogP contribution in [0.15, 0.2) is 28.8 Å². The van der Waals surface area contributed by atoms with Crippen molar-refractivity contribution in [2.45, 2.75) is 6.61 Å². The SMILES string of the molecule is COc1cnc(-c2ccc3c(c2)COC3=O)o1. The zero-order valence-electron chi connectivity index (χ0n) is 9.10. The van der Waals surface area contributed by atoms with Crippen LogP contribution in [0.4, 0.5) is 0 Å². The lowest BCUT2D eigenvalue weighted by atomic mass is 10.1. The van der Waals surface area contributed by atoms with Crippen molar-refractivity contribution in [3.05, 3.63) is 35.5 Å². The van der Waals surface area contributed by atoms with Gasteiger partial charge in [-0.2, -0.15) is 0 Å². The zero-order valence-corrected chi connectivity index (χ0v) is 9.10. The molecule has 3 rings (SSSR count). The Morgan fingerprint density at radius 2 is 2.29 bits per heavy atom. The fourth-order valence-electron chi connectivity index (χ4n) is 1.75. The molecule has 0 fully saturated rings. The highest BCUT2D eigenvalue weighted by Gasteiger charge is 2.22. The number of carbonyl (C=O) groups excluding carboxylic acids is 1. The van der Waals surface area contributed by atoms with Gasteiger partial charge in [0.2, 0.25) is 5.89 Å². The summed E-state index contributed by atoms with van der Waals surface area (Å²) >= 11 is 0. The summed E-state index contributed by atoms with van der Waals surface area (Å²) in [6, 6.07) is 5.33. The summed E-state index contributed by atoms with van der Waals surface area (Å²) in [5, 5.41) is 0. The van der Waals surface area contributed by atoms with Gasteiger partial charge in [0, 0.05) is 11.1 Å². The van der Waals surface area contributed by atoms with E-state index in [0.29, 0.717) is 24.0 Å². The number of esters is 1. The molecule has 0 atom stereocenters. The number of hydrogen-bond donors (Lipinski definition) is 0. The summed E-state index contributed by atoms with van der Waals surface area (Å²) in [7, 11) is 1.51. The van der Waals surface area contributed by atoms with E-state index in [1.54, 1.807) is 12.1 Å². The van der Waals surface area contributed by atoms with Gasteiger partial charge in [-0.25, -0.2) is 9.78 Å². The van der Waals surface area contributed by atoms with Crippen molar-refractivity contribution in [1.29, 1.82) is 0 Å². The number of hydrogen-bond acceptors (Lipinski definition) is 5. The van der Waals surface area contributed by atoms with Gasteiger partial charge in [0.05, 0.1) is 12.7 Å². The van der Waals surface area contributed by atoms with Crippen LogP contribution in [0, 0.1) is 0 Å². The van der Waals surface area contributed by atoms with Crippen molar-refractivity contribution in [3.8, 4) is 17.4 Å². The average Bonchev–Trinajstić information content (AvgIpc) is 2.96. The highest BCUT2D eigenvalue weighted by molar-refractivity contribution is 5.93. The summed E-state index contributed by atoms with van der Waals surface area (Å²) in [6.07, 6.45) is 1.50. The fraction of sp³-hybridized carbons (Fsp3) is 0.167. The predicted molar refractivity (Wildman–Crippen MR) is 57.6 cm³/mol. The Morgan fingerprint density at radius 3 is 3.06 bits per heavy atom. The Labute approximate surface area is 97.0 Å². The quantitative estimate of drug-likeness (QED) is 0.740. The molecule has 1 aliphatic rings. The second kappa shape index (κ2) is 3.62. The number of benzene rings is 1. The van der Waals surface area contributed by atoms with E-state index in [-0.39, 0.29) is 5.97 Å². The second-order valence-electron chi connectivity index (χ2n) is 3.64. The van der Waals surface area contributed by atoms with Gasteiger partial charge in [0.25, 0.3) is 0 Å². The molecule has 2 heterocycles. The Bertz CT molecular complexity index is 588. The third-order valence-electron chi connectivity index (χ3n) is 2.62. The molecule has 1 aromatic heterocycles. The lowest BCUT2D eigenvalue weighted by Gasteiger charge is -1.98. The number of nitrogens with zero attached hydrogens (tertiary/aromatic N) is 1. The molecular formula is C12H9NO4. The molecular weight excluding hydrogens is 222 g/mol. The van der Waals surface area contributed by atoms with E-state index < -0.39 is 0 Å². The van der Waals surface area contributed by atoms with Gasteiger partial charge in [-0.15, -0.1) is 0 Å². The molecule has 2 aromatic rings. The van der Waals surface area contributed by atoms with Crippen LogP contribution < -0.4 is 4.74 Å². The van der Waals surface area contributed by atoms with Crippen LogP contribution >= 0.6 is 0 Å². The number of cyclic esters (lactones) is 1.